The lowest BCUT2D eigenvalue weighted by atomic mass is 10.0. The second kappa shape index (κ2) is 7.36. The van der Waals surface area contributed by atoms with Gasteiger partial charge in [-0.3, -0.25) is 0 Å². The molecule has 102 valence electrons. The predicted molar refractivity (Wildman–Crippen MR) is 72.0 cm³/mol. The van der Waals surface area contributed by atoms with Crippen LogP contribution in [0.15, 0.2) is 18.2 Å². The molecule has 2 unspecified atom stereocenters. The van der Waals surface area contributed by atoms with Gasteiger partial charge in [0.15, 0.2) is 0 Å². The molecule has 0 aliphatic heterocycles. The summed E-state index contributed by atoms with van der Waals surface area (Å²) in [6.07, 6.45) is 0. The molecule has 0 aliphatic rings. The van der Waals surface area contributed by atoms with Gasteiger partial charge in [-0.05, 0) is 19.9 Å². The van der Waals surface area contributed by atoms with Crippen molar-refractivity contribution in [2.45, 2.75) is 25.9 Å². The zero-order valence-corrected chi connectivity index (χ0v) is 11.6. The number of benzene rings is 1. The standard InChI is InChI=1S/C14H23NO3/c1-10-5-6-14(18-4)13(7-10)11(2)15-12(8-16)9-17-3/h5-7,11-12,15-16H,8-9H2,1-4H3. The average Bonchev–Trinajstić information content (AvgIpc) is 2.38. The number of methoxy groups -OCH3 is 2. The molecule has 4 heteroatoms. The molecule has 0 bridgehead atoms. The Bertz CT molecular complexity index is 368. The molecule has 0 amide bonds. The summed E-state index contributed by atoms with van der Waals surface area (Å²) >= 11 is 0. The van der Waals surface area contributed by atoms with Gasteiger partial charge in [-0.15, -0.1) is 0 Å². The van der Waals surface area contributed by atoms with Crippen molar-refractivity contribution in [3.05, 3.63) is 29.3 Å². The molecule has 0 aliphatic carbocycles. The number of aliphatic hydroxyl groups is 1. The van der Waals surface area contributed by atoms with E-state index < -0.39 is 0 Å². The Labute approximate surface area is 109 Å². The molecule has 2 N–H and O–H groups in total. The Hall–Kier alpha value is -1.10. The van der Waals surface area contributed by atoms with Crippen LogP contribution in [0, 0.1) is 6.92 Å². The number of hydrogen-bond donors (Lipinski definition) is 2. The summed E-state index contributed by atoms with van der Waals surface area (Å²) in [6.45, 7) is 4.63. The number of aliphatic hydroxyl groups excluding tert-OH is 1. The molecule has 1 aromatic rings. The Balaban J connectivity index is 2.81. The summed E-state index contributed by atoms with van der Waals surface area (Å²) in [4.78, 5) is 0. The molecule has 4 nitrogen and oxygen atoms in total. The van der Waals surface area contributed by atoms with Crippen LogP contribution in [0.25, 0.3) is 0 Å². The van der Waals surface area contributed by atoms with Crippen LogP contribution >= 0.6 is 0 Å². The molecule has 1 rings (SSSR count). The summed E-state index contributed by atoms with van der Waals surface area (Å²) in [5.41, 5.74) is 2.28. The zero-order valence-electron chi connectivity index (χ0n) is 11.6. The van der Waals surface area contributed by atoms with Crippen molar-refractivity contribution in [2.75, 3.05) is 27.4 Å². The molecular formula is C14H23NO3. The highest BCUT2D eigenvalue weighted by Crippen LogP contribution is 2.26. The molecule has 0 spiro atoms. The number of rotatable bonds is 7. The Morgan fingerprint density at radius 2 is 2.06 bits per heavy atom. The molecule has 2 atom stereocenters. The first kappa shape index (κ1) is 15.0. The SMILES string of the molecule is COCC(CO)NC(C)c1cc(C)ccc1OC. The third-order valence-electron chi connectivity index (χ3n) is 2.93. The summed E-state index contributed by atoms with van der Waals surface area (Å²) in [7, 11) is 3.29. The first-order valence-electron chi connectivity index (χ1n) is 6.12. The van der Waals surface area contributed by atoms with Crippen LogP contribution in [0.1, 0.15) is 24.1 Å². The largest absolute Gasteiger partial charge is 0.496 e. The molecule has 0 aromatic heterocycles. The van der Waals surface area contributed by atoms with Crippen LogP contribution < -0.4 is 10.1 Å². The van der Waals surface area contributed by atoms with Gasteiger partial charge in [-0.25, -0.2) is 0 Å². The van der Waals surface area contributed by atoms with Gasteiger partial charge in [0.1, 0.15) is 5.75 Å². The Morgan fingerprint density at radius 1 is 1.33 bits per heavy atom. The molecule has 0 heterocycles. The van der Waals surface area contributed by atoms with E-state index >= 15 is 0 Å². The first-order chi connectivity index (χ1) is 8.62. The van der Waals surface area contributed by atoms with Crippen LogP contribution in [0.4, 0.5) is 0 Å². The molecule has 0 fully saturated rings. The van der Waals surface area contributed by atoms with Crippen molar-refractivity contribution < 1.29 is 14.6 Å². The van der Waals surface area contributed by atoms with Crippen LogP contribution in [-0.2, 0) is 4.74 Å². The molecule has 0 saturated carbocycles. The van der Waals surface area contributed by atoms with Crippen LogP contribution in [-0.4, -0.2) is 38.6 Å². The van der Waals surface area contributed by atoms with Gasteiger partial charge in [0.2, 0.25) is 0 Å². The number of ether oxygens (including phenoxy) is 2. The van der Waals surface area contributed by atoms with Gasteiger partial charge in [0.25, 0.3) is 0 Å². The highest BCUT2D eigenvalue weighted by atomic mass is 16.5. The first-order valence-corrected chi connectivity index (χ1v) is 6.12. The highest BCUT2D eigenvalue weighted by molar-refractivity contribution is 5.38. The maximum Gasteiger partial charge on any atom is 0.123 e. The molecule has 0 saturated heterocycles. The van der Waals surface area contributed by atoms with E-state index in [1.54, 1.807) is 14.2 Å². The van der Waals surface area contributed by atoms with E-state index in [4.69, 9.17) is 9.47 Å². The van der Waals surface area contributed by atoms with Gasteiger partial charge >= 0.3 is 0 Å². The highest BCUT2D eigenvalue weighted by Gasteiger charge is 2.15. The monoisotopic (exact) mass is 253 g/mol. The van der Waals surface area contributed by atoms with E-state index in [1.807, 2.05) is 19.1 Å². The lowest BCUT2D eigenvalue weighted by Gasteiger charge is -2.23. The predicted octanol–water partition coefficient (Wildman–Crippen LogP) is 1.66. The van der Waals surface area contributed by atoms with Crippen molar-refractivity contribution in [1.82, 2.24) is 5.32 Å². The molecule has 0 radical (unpaired) electrons. The number of hydrogen-bond acceptors (Lipinski definition) is 4. The Morgan fingerprint density at radius 3 is 2.61 bits per heavy atom. The topological polar surface area (TPSA) is 50.7 Å². The van der Waals surface area contributed by atoms with Crippen LogP contribution in [0.2, 0.25) is 0 Å². The minimum Gasteiger partial charge on any atom is -0.496 e. The fraction of sp³-hybridized carbons (Fsp3) is 0.571. The quantitative estimate of drug-likeness (QED) is 0.776. The van der Waals surface area contributed by atoms with Gasteiger partial charge < -0.3 is 19.9 Å². The maximum atomic E-state index is 9.26. The lowest BCUT2D eigenvalue weighted by Crippen LogP contribution is -2.38. The Kier molecular flexibility index (Phi) is 6.12. The summed E-state index contributed by atoms with van der Waals surface area (Å²) in [5, 5.41) is 12.6. The molecule has 1 aromatic carbocycles. The summed E-state index contributed by atoms with van der Waals surface area (Å²) in [6, 6.07) is 6.10. The van der Waals surface area contributed by atoms with Crippen molar-refractivity contribution in [3.8, 4) is 5.75 Å². The molecule has 18 heavy (non-hydrogen) atoms. The van der Waals surface area contributed by atoms with E-state index in [-0.39, 0.29) is 18.7 Å². The lowest BCUT2D eigenvalue weighted by molar-refractivity contribution is 0.123. The van der Waals surface area contributed by atoms with E-state index in [0.29, 0.717) is 6.61 Å². The van der Waals surface area contributed by atoms with Gasteiger partial charge in [-0.1, -0.05) is 17.7 Å². The minimum absolute atomic E-state index is 0.0479. The third-order valence-corrected chi connectivity index (χ3v) is 2.93. The van der Waals surface area contributed by atoms with E-state index in [1.165, 1.54) is 5.56 Å². The van der Waals surface area contributed by atoms with E-state index in [2.05, 4.69) is 18.3 Å². The van der Waals surface area contributed by atoms with Gasteiger partial charge in [-0.2, -0.15) is 0 Å². The summed E-state index contributed by atoms with van der Waals surface area (Å²) in [5.74, 6) is 0.856. The van der Waals surface area contributed by atoms with Crippen LogP contribution in [0.3, 0.4) is 0 Å². The maximum absolute atomic E-state index is 9.26. The van der Waals surface area contributed by atoms with Crippen molar-refractivity contribution in [3.63, 3.8) is 0 Å². The van der Waals surface area contributed by atoms with Gasteiger partial charge in [0, 0.05) is 18.7 Å². The fourth-order valence-electron chi connectivity index (χ4n) is 1.99. The number of aryl methyl sites for hydroxylation is 1. The zero-order chi connectivity index (χ0) is 13.5. The van der Waals surface area contributed by atoms with Crippen LogP contribution in [0.5, 0.6) is 5.75 Å². The molecular weight excluding hydrogens is 230 g/mol. The van der Waals surface area contributed by atoms with E-state index in [9.17, 15) is 5.11 Å². The fourth-order valence-corrected chi connectivity index (χ4v) is 1.99. The summed E-state index contributed by atoms with van der Waals surface area (Å²) < 4.78 is 10.4. The second-order valence-electron chi connectivity index (χ2n) is 4.47. The van der Waals surface area contributed by atoms with Gasteiger partial charge in [0.05, 0.1) is 26.4 Å². The van der Waals surface area contributed by atoms with E-state index in [0.717, 1.165) is 11.3 Å². The smallest absolute Gasteiger partial charge is 0.123 e. The average molecular weight is 253 g/mol. The van der Waals surface area contributed by atoms with Crippen molar-refractivity contribution in [1.29, 1.82) is 0 Å². The van der Waals surface area contributed by atoms with Crippen molar-refractivity contribution in [2.24, 2.45) is 0 Å². The second-order valence-corrected chi connectivity index (χ2v) is 4.47. The number of nitrogens with one attached hydrogen (secondary N) is 1. The minimum atomic E-state index is -0.0739. The third kappa shape index (κ3) is 3.98. The van der Waals surface area contributed by atoms with Crippen molar-refractivity contribution >= 4 is 0 Å². The normalized spacial score (nSPS) is 14.3.